The van der Waals surface area contributed by atoms with Crippen LogP contribution in [-0.4, -0.2) is 21.7 Å². The van der Waals surface area contributed by atoms with Crippen molar-refractivity contribution in [1.29, 1.82) is 0 Å². The first-order valence-corrected chi connectivity index (χ1v) is 10.7. The number of nitrogens with zero attached hydrogens (tertiary/aromatic N) is 2. The SMILES string of the molecule is CCCOc1cc(C2=CC=C3C=c4ccccc4=CC3C2)nc(-c2ccccc2O)n1. The number of phenolic OH excluding ortho intramolecular Hbond substituents is 1. The maximum atomic E-state index is 10.3. The lowest BCUT2D eigenvalue weighted by Crippen LogP contribution is -2.30. The van der Waals surface area contributed by atoms with E-state index in [0.29, 0.717) is 29.8 Å². The molecule has 0 saturated carbocycles. The Kier molecular flexibility index (Phi) is 5.13. The van der Waals surface area contributed by atoms with Crippen LogP contribution in [0, 0.1) is 5.92 Å². The Morgan fingerprint density at radius 3 is 2.65 bits per heavy atom. The highest BCUT2D eigenvalue weighted by molar-refractivity contribution is 5.75. The van der Waals surface area contributed by atoms with Crippen LogP contribution in [0.25, 0.3) is 29.1 Å². The van der Waals surface area contributed by atoms with Gasteiger partial charge in [0, 0.05) is 12.0 Å². The molecule has 0 spiro atoms. The van der Waals surface area contributed by atoms with Gasteiger partial charge in [0.05, 0.1) is 17.9 Å². The molecule has 2 aliphatic carbocycles. The van der Waals surface area contributed by atoms with Gasteiger partial charge in [-0.25, -0.2) is 4.98 Å². The lowest BCUT2D eigenvalue weighted by Gasteiger charge is -2.23. The summed E-state index contributed by atoms with van der Waals surface area (Å²) in [5.41, 5.74) is 3.89. The van der Waals surface area contributed by atoms with Crippen molar-refractivity contribution in [3.05, 3.63) is 88.5 Å². The minimum Gasteiger partial charge on any atom is -0.507 e. The Hall–Kier alpha value is -3.66. The van der Waals surface area contributed by atoms with Gasteiger partial charge in [-0.15, -0.1) is 0 Å². The van der Waals surface area contributed by atoms with Crippen molar-refractivity contribution >= 4 is 17.7 Å². The second-order valence-electron chi connectivity index (χ2n) is 7.89. The minimum atomic E-state index is 0.160. The molecule has 1 aromatic heterocycles. The Labute approximate surface area is 181 Å². The minimum absolute atomic E-state index is 0.160. The van der Waals surface area contributed by atoms with Crippen molar-refractivity contribution in [1.82, 2.24) is 9.97 Å². The van der Waals surface area contributed by atoms with Gasteiger partial charge in [-0.2, -0.15) is 4.98 Å². The van der Waals surface area contributed by atoms with E-state index in [0.717, 1.165) is 24.1 Å². The van der Waals surface area contributed by atoms with Crippen LogP contribution in [0.3, 0.4) is 0 Å². The highest BCUT2D eigenvalue weighted by Gasteiger charge is 2.21. The molecular weight excluding hydrogens is 384 g/mol. The summed E-state index contributed by atoms with van der Waals surface area (Å²) >= 11 is 0. The van der Waals surface area contributed by atoms with Crippen LogP contribution in [0.15, 0.2) is 72.3 Å². The predicted octanol–water partition coefficient (Wildman–Crippen LogP) is 4.24. The smallest absolute Gasteiger partial charge is 0.217 e. The average Bonchev–Trinajstić information content (AvgIpc) is 2.81. The average molecular weight is 409 g/mol. The quantitative estimate of drug-likeness (QED) is 0.686. The molecule has 0 amide bonds. The molecule has 5 rings (SSSR count). The van der Waals surface area contributed by atoms with Crippen molar-refractivity contribution in [2.75, 3.05) is 6.61 Å². The summed E-state index contributed by atoms with van der Waals surface area (Å²) in [7, 11) is 0. The molecule has 4 heteroatoms. The van der Waals surface area contributed by atoms with Gasteiger partial charge < -0.3 is 9.84 Å². The first kappa shape index (κ1) is 19.3. The third-order valence-electron chi connectivity index (χ3n) is 5.67. The molecule has 2 aliphatic rings. The molecule has 0 bridgehead atoms. The van der Waals surface area contributed by atoms with Crippen LogP contribution in [0.4, 0.5) is 0 Å². The van der Waals surface area contributed by atoms with Crippen LogP contribution in [0.1, 0.15) is 25.5 Å². The predicted molar refractivity (Wildman–Crippen MR) is 124 cm³/mol. The van der Waals surface area contributed by atoms with E-state index in [9.17, 15) is 5.11 Å². The fraction of sp³-hybridized carbons (Fsp3) is 0.185. The number of ether oxygens (including phenoxy) is 1. The molecule has 154 valence electrons. The van der Waals surface area contributed by atoms with Gasteiger partial charge in [-0.3, -0.25) is 0 Å². The maximum absolute atomic E-state index is 10.3. The van der Waals surface area contributed by atoms with Gasteiger partial charge in [0.2, 0.25) is 5.88 Å². The van der Waals surface area contributed by atoms with E-state index >= 15 is 0 Å². The topological polar surface area (TPSA) is 55.2 Å². The number of hydrogen-bond acceptors (Lipinski definition) is 4. The number of phenols is 1. The van der Waals surface area contributed by atoms with Crippen LogP contribution in [-0.2, 0) is 0 Å². The van der Waals surface area contributed by atoms with Gasteiger partial charge in [-0.1, -0.05) is 67.6 Å². The van der Waals surface area contributed by atoms with Crippen LogP contribution in [0.5, 0.6) is 11.6 Å². The molecule has 31 heavy (non-hydrogen) atoms. The Balaban J connectivity index is 1.56. The number of aromatic hydroxyl groups is 1. The molecule has 1 unspecified atom stereocenters. The fourth-order valence-electron chi connectivity index (χ4n) is 4.09. The van der Waals surface area contributed by atoms with Crippen molar-refractivity contribution in [3.63, 3.8) is 0 Å². The fourth-order valence-corrected chi connectivity index (χ4v) is 4.09. The van der Waals surface area contributed by atoms with Crippen LogP contribution in [0.2, 0.25) is 0 Å². The summed E-state index contributed by atoms with van der Waals surface area (Å²) in [6.07, 6.45) is 10.7. The monoisotopic (exact) mass is 408 g/mol. The summed E-state index contributed by atoms with van der Waals surface area (Å²) in [5, 5.41) is 12.9. The number of fused-ring (bicyclic) bond motifs is 2. The van der Waals surface area contributed by atoms with Gasteiger partial charge in [0.25, 0.3) is 0 Å². The molecule has 1 N–H and O–H groups in total. The molecule has 0 fully saturated rings. The van der Waals surface area contributed by atoms with Crippen molar-refractivity contribution < 1.29 is 9.84 Å². The van der Waals surface area contributed by atoms with Gasteiger partial charge in [0.1, 0.15) is 5.75 Å². The van der Waals surface area contributed by atoms with Crippen molar-refractivity contribution in [3.8, 4) is 23.0 Å². The van der Waals surface area contributed by atoms with E-state index in [4.69, 9.17) is 9.72 Å². The molecule has 1 heterocycles. The van der Waals surface area contributed by atoms with E-state index < -0.39 is 0 Å². The highest BCUT2D eigenvalue weighted by Crippen LogP contribution is 2.35. The van der Waals surface area contributed by atoms with Gasteiger partial charge >= 0.3 is 0 Å². The summed E-state index contributed by atoms with van der Waals surface area (Å²) in [6.45, 7) is 2.65. The van der Waals surface area contributed by atoms with E-state index in [1.807, 2.05) is 18.2 Å². The van der Waals surface area contributed by atoms with Crippen molar-refractivity contribution in [2.45, 2.75) is 19.8 Å². The zero-order chi connectivity index (χ0) is 21.2. The first-order chi connectivity index (χ1) is 15.2. The maximum Gasteiger partial charge on any atom is 0.217 e. The summed E-state index contributed by atoms with van der Waals surface area (Å²) in [4.78, 5) is 9.36. The zero-order valence-electron chi connectivity index (χ0n) is 17.5. The van der Waals surface area contributed by atoms with E-state index in [1.165, 1.54) is 16.0 Å². The number of rotatable bonds is 5. The Bertz CT molecular complexity index is 1320. The second kappa shape index (κ2) is 8.23. The summed E-state index contributed by atoms with van der Waals surface area (Å²) < 4.78 is 5.85. The Morgan fingerprint density at radius 1 is 1.00 bits per heavy atom. The van der Waals surface area contributed by atoms with Crippen molar-refractivity contribution in [2.24, 2.45) is 5.92 Å². The number of para-hydroxylation sites is 1. The molecular formula is C27H24N2O2. The number of benzene rings is 2. The van der Waals surface area contributed by atoms with Crippen LogP contribution >= 0.6 is 0 Å². The van der Waals surface area contributed by atoms with E-state index in [1.54, 1.807) is 12.1 Å². The standard InChI is InChI=1S/C27H24N2O2/c1-2-13-31-26-17-24(28-27(29-26)23-9-5-6-10-25(23)30)21-12-11-20-14-18-7-3-4-8-19(18)15-22(20)16-21/h3-12,14-15,17,22,30H,2,13,16H2,1H3. The molecule has 1 atom stereocenters. The van der Waals surface area contributed by atoms with E-state index in [-0.39, 0.29) is 5.75 Å². The number of aromatic nitrogens is 2. The molecule has 4 nitrogen and oxygen atoms in total. The third kappa shape index (κ3) is 3.89. The first-order valence-electron chi connectivity index (χ1n) is 10.7. The molecule has 2 aromatic carbocycles. The van der Waals surface area contributed by atoms with Gasteiger partial charge in [-0.05, 0) is 46.6 Å². The molecule has 0 saturated heterocycles. The molecule has 0 radical (unpaired) electrons. The third-order valence-corrected chi connectivity index (χ3v) is 5.67. The largest absolute Gasteiger partial charge is 0.507 e. The zero-order valence-corrected chi connectivity index (χ0v) is 17.5. The number of hydrogen-bond donors (Lipinski definition) is 1. The molecule has 0 aliphatic heterocycles. The normalized spacial score (nSPS) is 16.7. The Morgan fingerprint density at radius 2 is 1.81 bits per heavy atom. The lowest BCUT2D eigenvalue weighted by atomic mass is 9.82. The summed E-state index contributed by atoms with van der Waals surface area (Å²) in [6, 6.07) is 17.5. The van der Waals surface area contributed by atoms with Gasteiger partial charge in [0.15, 0.2) is 5.82 Å². The lowest BCUT2D eigenvalue weighted by molar-refractivity contribution is 0.305. The number of allylic oxidation sites excluding steroid dienone is 4. The highest BCUT2D eigenvalue weighted by atomic mass is 16.5. The van der Waals surface area contributed by atoms with Crippen LogP contribution < -0.4 is 15.2 Å². The summed E-state index contributed by atoms with van der Waals surface area (Å²) in [5.74, 6) is 1.48. The van der Waals surface area contributed by atoms with E-state index in [2.05, 4.69) is 60.5 Å². The molecule has 3 aromatic rings. The second-order valence-corrected chi connectivity index (χ2v) is 7.89.